The summed E-state index contributed by atoms with van der Waals surface area (Å²) in [4.78, 5) is 9.00. The lowest BCUT2D eigenvalue weighted by Gasteiger charge is -2.40. The summed E-state index contributed by atoms with van der Waals surface area (Å²) in [5.41, 5.74) is 0.0341. The van der Waals surface area contributed by atoms with E-state index in [1.807, 2.05) is 0 Å². The van der Waals surface area contributed by atoms with Gasteiger partial charge >= 0.3 is 16.2 Å². The van der Waals surface area contributed by atoms with Gasteiger partial charge in [0, 0.05) is 5.57 Å². The predicted molar refractivity (Wildman–Crippen MR) is 58.3 cm³/mol. The highest BCUT2D eigenvalue weighted by molar-refractivity contribution is 8.45. The summed E-state index contributed by atoms with van der Waals surface area (Å²) in [5, 5.41) is 0. The SMILES string of the molecule is C=C(C)C(=O)Oc1ccc(S(F)(F)(F)(F)F)cc1. The van der Waals surface area contributed by atoms with Gasteiger partial charge in [-0.2, -0.15) is 0 Å². The van der Waals surface area contributed by atoms with Crippen LogP contribution in [-0.4, -0.2) is 5.97 Å². The van der Waals surface area contributed by atoms with E-state index in [9.17, 15) is 24.2 Å². The van der Waals surface area contributed by atoms with Crippen LogP contribution < -0.4 is 4.74 Å². The maximum absolute atomic E-state index is 12.3. The van der Waals surface area contributed by atoms with E-state index in [2.05, 4.69) is 11.3 Å². The molecular formula is C10H9F5O2S. The van der Waals surface area contributed by atoms with E-state index in [0.717, 1.165) is 0 Å². The van der Waals surface area contributed by atoms with Crippen molar-refractivity contribution in [1.82, 2.24) is 0 Å². The Morgan fingerprint density at radius 2 is 1.56 bits per heavy atom. The Balaban J connectivity index is 3.03. The van der Waals surface area contributed by atoms with Crippen LogP contribution in [0.1, 0.15) is 6.92 Å². The second-order valence-electron chi connectivity index (χ2n) is 3.61. The first-order chi connectivity index (χ1) is 7.79. The lowest BCUT2D eigenvalue weighted by Crippen LogP contribution is -2.09. The number of esters is 1. The maximum Gasteiger partial charge on any atom is 0.338 e. The molecule has 0 aliphatic carbocycles. The van der Waals surface area contributed by atoms with Gasteiger partial charge in [-0.1, -0.05) is 26.0 Å². The molecule has 0 fully saturated rings. The zero-order valence-corrected chi connectivity index (χ0v) is 9.95. The van der Waals surface area contributed by atoms with Crippen LogP contribution >= 0.6 is 10.2 Å². The Morgan fingerprint density at radius 1 is 1.11 bits per heavy atom. The summed E-state index contributed by atoms with van der Waals surface area (Å²) in [6.45, 7) is 4.60. The molecule has 0 aromatic heterocycles. The van der Waals surface area contributed by atoms with Crippen LogP contribution in [-0.2, 0) is 4.79 Å². The average Bonchev–Trinajstić information content (AvgIpc) is 2.14. The minimum Gasteiger partial charge on any atom is -0.423 e. The summed E-state index contributed by atoms with van der Waals surface area (Å²) in [5.74, 6) is -1.12. The average molecular weight is 288 g/mol. The van der Waals surface area contributed by atoms with Crippen LogP contribution in [0.25, 0.3) is 0 Å². The fourth-order valence-electron chi connectivity index (χ4n) is 0.959. The standard InChI is InChI=1S/C10H9F5O2S/c1-7(2)10(16)17-8-3-5-9(6-4-8)18(11,12,13,14)15/h3-6H,1H2,2H3. The molecule has 0 unspecified atom stereocenters. The van der Waals surface area contributed by atoms with Gasteiger partial charge in [-0.15, -0.1) is 0 Å². The van der Waals surface area contributed by atoms with Crippen molar-refractivity contribution in [3.8, 4) is 5.75 Å². The second kappa shape index (κ2) is 3.47. The summed E-state index contributed by atoms with van der Waals surface area (Å²) in [6.07, 6.45) is 0. The van der Waals surface area contributed by atoms with Crippen molar-refractivity contribution >= 4 is 16.2 Å². The van der Waals surface area contributed by atoms with Crippen molar-refractivity contribution in [1.29, 1.82) is 0 Å². The topological polar surface area (TPSA) is 26.3 Å². The van der Waals surface area contributed by atoms with Crippen molar-refractivity contribution in [2.45, 2.75) is 11.8 Å². The number of benzene rings is 1. The predicted octanol–water partition coefficient (Wildman–Crippen LogP) is 4.83. The molecule has 0 atom stereocenters. The highest BCUT2D eigenvalue weighted by Crippen LogP contribution is 3.02. The number of hydrogen-bond donors (Lipinski definition) is 0. The Hall–Kier alpha value is -1.57. The molecule has 0 aliphatic rings. The fraction of sp³-hybridized carbons (Fsp3) is 0.100. The highest BCUT2D eigenvalue weighted by atomic mass is 32.5. The van der Waals surface area contributed by atoms with Crippen molar-refractivity contribution in [2.75, 3.05) is 0 Å². The normalized spacial score (nSPS) is 15.4. The quantitative estimate of drug-likeness (QED) is 0.345. The molecule has 0 radical (unpaired) electrons. The van der Waals surface area contributed by atoms with Gasteiger partial charge in [-0.25, -0.2) is 4.79 Å². The minimum atomic E-state index is -9.68. The molecule has 1 aromatic rings. The van der Waals surface area contributed by atoms with Crippen molar-refractivity contribution in [3.05, 3.63) is 36.4 Å². The maximum atomic E-state index is 12.3. The van der Waals surface area contributed by atoms with E-state index >= 15 is 0 Å². The van der Waals surface area contributed by atoms with E-state index in [0.29, 0.717) is 12.1 Å². The van der Waals surface area contributed by atoms with Crippen LogP contribution in [0, 0.1) is 0 Å². The molecular weight excluding hydrogens is 279 g/mol. The third-order valence-electron chi connectivity index (χ3n) is 1.83. The fourth-order valence-corrected chi connectivity index (χ4v) is 1.61. The van der Waals surface area contributed by atoms with Gasteiger partial charge in [0.2, 0.25) is 0 Å². The number of carbonyl (C=O) groups is 1. The zero-order chi connectivity index (χ0) is 14.3. The minimum absolute atomic E-state index is 0.0341. The molecule has 18 heavy (non-hydrogen) atoms. The lowest BCUT2D eigenvalue weighted by atomic mass is 10.3. The first-order valence-corrected chi connectivity index (χ1v) is 6.46. The molecule has 0 spiro atoms. The van der Waals surface area contributed by atoms with Gasteiger partial charge in [0.15, 0.2) is 0 Å². The monoisotopic (exact) mass is 288 g/mol. The van der Waals surface area contributed by atoms with E-state index in [1.54, 1.807) is 0 Å². The molecule has 1 aromatic carbocycles. The van der Waals surface area contributed by atoms with Gasteiger partial charge in [0.1, 0.15) is 10.6 Å². The Kier molecular flexibility index (Phi) is 2.79. The van der Waals surface area contributed by atoms with Gasteiger partial charge < -0.3 is 4.74 Å². The third kappa shape index (κ3) is 3.73. The van der Waals surface area contributed by atoms with Crippen molar-refractivity contribution < 1.29 is 29.0 Å². The molecule has 0 saturated carbocycles. The van der Waals surface area contributed by atoms with Crippen LogP contribution in [0.5, 0.6) is 5.75 Å². The summed E-state index contributed by atoms with van der Waals surface area (Å²) in [6, 6.07) is 1.63. The molecule has 8 heteroatoms. The highest BCUT2D eigenvalue weighted by Gasteiger charge is 2.65. The Labute approximate surface area is 99.8 Å². The van der Waals surface area contributed by atoms with E-state index in [-0.39, 0.29) is 23.5 Å². The van der Waals surface area contributed by atoms with Gasteiger partial charge in [-0.3, -0.25) is 0 Å². The molecule has 0 aliphatic heterocycles. The molecule has 102 valence electrons. The Morgan fingerprint density at radius 3 is 1.89 bits per heavy atom. The third-order valence-corrected chi connectivity index (χ3v) is 2.99. The van der Waals surface area contributed by atoms with Crippen LogP contribution in [0.3, 0.4) is 0 Å². The van der Waals surface area contributed by atoms with E-state index in [1.165, 1.54) is 6.92 Å². The van der Waals surface area contributed by atoms with Crippen LogP contribution in [0.15, 0.2) is 41.3 Å². The number of ether oxygens (including phenoxy) is 1. The van der Waals surface area contributed by atoms with Gasteiger partial charge in [0.05, 0.1) is 0 Å². The summed E-state index contributed by atoms with van der Waals surface area (Å²) < 4.78 is 66.3. The summed E-state index contributed by atoms with van der Waals surface area (Å²) in [7, 11) is -9.68. The molecule has 0 heterocycles. The first kappa shape index (κ1) is 14.5. The molecule has 1 rings (SSSR count). The lowest BCUT2D eigenvalue weighted by molar-refractivity contribution is -0.130. The van der Waals surface area contributed by atoms with E-state index < -0.39 is 21.1 Å². The zero-order valence-electron chi connectivity index (χ0n) is 9.13. The van der Waals surface area contributed by atoms with Gasteiger partial charge in [-0.05, 0) is 31.2 Å². The van der Waals surface area contributed by atoms with Crippen molar-refractivity contribution in [2.24, 2.45) is 0 Å². The van der Waals surface area contributed by atoms with Crippen LogP contribution in [0.4, 0.5) is 19.4 Å². The van der Waals surface area contributed by atoms with E-state index in [4.69, 9.17) is 0 Å². The second-order valence-corrected chi connectivity index (χ2v) is 6.02. The van der Waals surface area contributed by atoms with Crippen molar-refractivity contribution in [3.63, 3.8) is 0 Å². The number of rotatable bonds is 3. The largest absolute Gasteiger partial charge is 0.423 e. The number of hydrogen-bond acceptors (Lipinski definition) is 2. The molecule has 0 N–H and O–H groups in total. The van der Waals surface area contributed by atoms with Crippen LogP contribution in [0.2, 0.25) is 0 Å². The first-order valence-electron chi connectivity index (χ1n) is 4.51. The van der Waals surface area contributed by atoms with Gasteiger partial charge in [0.25, 0.3) is 0 Å². The smallest absolute Gasteiger partial charge is 0.338 e. The summed E-state index contributed by atoms with van der Waals surface area (Å²) >= 11 is 0. The number of carbonyl (C=O) groups excluding carboxylic acids is 1. The molecule has 0 bridgehead atoms. The number of halogens is 5. The Bertz CT molecular complexity index is 503. The molecule has 2 nitrogen and oxygen atoms in total. The molecule has 0 saturated heterocycles. The molecule has 0 amide bonds.